The van der Waals surface area contributed by atoms with Gasteiger partial charge in [0, 0.05) is 11.6 Å². The Morgan fingerprint density at radius 1 is 1.39 bits per heavy atom. The maximum absolute atomic E-state index is 13.7. The lowest BCUT2D eigenvalue weighted by Crippen LogP contribution is -2.28. The van der Waals surface area contributed by atoms with Gasteiger partial charge in [-0.15, -0.1) is 12.4 Å². The molecule has 0 saturated carbocycles. The van der Waals surface area contributed by atoms with Crippen molar-refractivity contribution in [2.24, 2.45) is 11.7 Å². The molecule has 3 nitrogen and oxygen atoms in total. The van der Waals surface area contributed by atoms with E-state index in [1.54, 1.807) is 12.1 Å². The number of benzene rings is 1. The lowest BCUT2D eigenvalue weighted by molar-refractivity contribution is 0.119. The SMILES string of the molecule is COc1ccc([C@H](N)[C@H](O)CC(C)C)c(F)c1.Cl. The zero-order valence-corrected chi connectivity index (χ0v) is 11.7. The number of methoxy groups -OCH3 is 1. The highest BCUT2D eigenvalue weighted by molar-refractivity contribution is 5.85. The Morgan fingerprint density at radius 2 is 2.00 bits per heavy atom. The summed E-state index contributed by atoms with van der Waals surface area (Å²) in [4.78, 5) is 0. The molecule has 0 saturated heterocycles. The maximum atomic E-state index is 13.7. The Bertz CT molecular complexity index is 374. The van der Waals surface area contributed by atoms with Gasteiger partial charge in [-0.2, -0.15) is 0 Å². The van der Waals surface area contributed by atoms with Crippen molar-refractivity contribution in [2.75, 3.05) is 7.11 Å². The number of aliphatic hydroxyl groups excluding tert-OH is 1. The molecule has 2 atom stereocenters. The molecule has 0 amide bonds. The van der Waals surface area contributed by atoms with Crippen LogP contribution < -0.4 is 10.5 Å². The first-order valence-corrected chi connectivity index (χ1v) is 5.72. The van der Waals surface area contributed by atoms with Crippen LogP contribution >= 0.6 is 12.4 Å². The Labute approximate surface area is 114 Å². The van der Waals surface area contributed by atoms with Crippen LogP contribution in [0.3, 0.4) is 0 Å². The fourth-order valence-corrected chi connectivity index (χ4v) is 1.74. The molecule has 0 fully saturated rings. The fourth-order valence-electron chi connectivity index (χ4n) is 1.74. The van der Waals surface area contributed by atoms with Gasteiger partial charge in [0.1, 0.15) is 11.6 Å². The average Bonchev–Trinajstić information content (AvgIpc) is 2.27. The predicted molar refractivity (Wildman–Crippen MR) is 72.6 cm³/mol. The topological polar surface area (TPSA) is 55.5 Å². The van der Waals surface area contributed by atoms with Crippen LogP contribution in [0.2, 0.25) is 0 Å². The van der Waals surface area contributed by atoms with Gasteiger partial charge in [0.05, 0.1) is 19.3 Å². The van der Waals surface area contributed by atoms with Gasteiger partial charge < -0.3 is 15.6 Å². The van der Waals surface area contributed by atoms with E-state index >= 15 is 0 Å². The molecular formula is C13H21ClFNO2. The molecule has 1 rings (SSSR count). The molecule has 0 unspecified atom stereocenters. The Morgan fingerprint density at radius 3 is 2.44 bits per heavy atom. The van der Waals surface area contributed by atoms with Crippen molar-refractivity contribution in [3.8, 4) is 5.75 Å². The van der Waals surface area contributed by atoms with Gasteiger partial charge in [-0.3, -0.25) is 0 Å². The second kappa shape index (κ2) is 7.56. The van der Waals surface area contributed by atoms with Crippen molar-refractivity contribution in [1.82, 2.24) is 0 Å². The van der Waals surface area contributed by atoms with Crippen LogP contribution in [0.1, 0.15) is 31.9 Å². The fraction of sp³-hybridized carbons (Fsp3) is 0.538. The molecule has 0 aliphatic carbocycles. The molecule has 0 spiro atoms. The van der Waals surface area contributed by atoms with Crippen molar-refractivity contribution in [2.45, 2.75) is 32.4 Å². The standard InChI is InChI=1S/C13H20FNO2.ClH/c1-8(2)6-12(16)13(15)10-5-4-9(17-3)7-11(10)14;/h4-5,7-8,12-13,16H,6,15H2,1-3H3;1H/t12-,13+;/m1./s1. The largest absolute Gasteiger partial charge is 0.497 e. The molecule has 104 valence electrons. The van der Waals surface area contributed by atoms with Crippen molar-refractivity contribution in [3.05, 3.63) is 29.6 Å². The Kier molecular flexibility index (Phi) is 7.21. The summed E-state index contributed by atoms with van der Waals surface area (Å²) in [6.45, 7) is 3.97. The zero-order valence-electron chi connectivity index (χ0n) is 10.9. The van der Waals surface area contributed by atoms with Gasteiger partial charge in [-0.05, 0) is 18.4 Å². The molecule has 18 heavy (non-hydrogen) atoms. The summed E-state index contributed by atoms with van der Waals surface area (Å²) in [5.74, 6) is 0.314. The summed E-state index contributed by atoms with van der Waals surface area (Å²) in [5.41, 5.74) is 6.17. The van der Waals surface area contributed by atoms with Crippen molar-refractivity contribution in [3.63, 3.8) is 0 Å². The van der Waals surface area contributed by atoms with E-state index in [0.717, 1.165) is 0 Å². The summed E-state index contributed by atoms with van der Waals surface area (Å²) in [6, 6.07) is 3.77. The lowest BCUT2D eigenvalue weighted by Gasteiger charge is -2.21. The maximum Gasteiger partial charge on any atom is 0.131 e. The minimum Gasteiger partial charge on any atom is -0.497 e. The van der Waals surface area contributed by atoms with Crippen molar-refractivity contribution in [1.29, 1.82) is 0 Å². The van der Waals surface area contributed by atoms with E-state index in [2.05, 4.69) is 0 Å². The van der Waals surface area contributed by atoms with Gasteiger partial charge in [0.2, 0.25) is 0 Å². The molecule has 0 radical (unpaired) electrons. The summed E-state index contributed by atoms with van der Waals surface area (Å²) < 4.78 is 18.6. The van der Waals surface area contributed by atoms with Gasteiger partial charge >= 0.3 is 0 Å². The number of hydrogen-bond donors (Lipinski definition) is 2. The summed E-state index contributed by atoms with van der Waals surface area (Å²) in [6.07, 6.45) is -0.190. The molecule has 1 aromatic rings. The first-order chi connectivity index (χ1) is 7.95. The number of aliphatic hydroxyl groups is 1. The number of nitrogens with two attached hydrogens (primary N) is 1. The molecule has 0 aliphatic rings. The van der Waals surface area contributed by atoms with Crippen LogP contribution in [-0.4, -0.2) is 18.3 Å². The molecule has 0 bridgehead atoms. The average molecular weight is 278 g/mol. The third-order valence-corrected chi connectivity index (χ3v) is 2.69. The van der Waals surface area contributed by atoms with Crippen molar-refractivity contribution < 1.29 is 14.2 Å². The smallest absolute Gasteiger partial charge is 0.131 e. The van der Waals surface area contributed by atoms with E-state index in [4.69, 9.17) is 10.5 Å². The third kappa shape index (κ3) is 4.44. The first-order valence-electron chi connectivity index (χ1n) is 5.72. The van der Waals surface area contributed by atoms with Crippen LogP contribution in [0.15, 0.2) is 18.2 Å². The summed E-state index contributed by atoms with van der Waals surface area (Å²) in [7, 11) is 1.47. The molecule has 0 aromatic heterocycles. The second-order valence-electron chi connectivity index (χ2n) is 4.61. The number of rotatable bonds is 5. The first kappa shape index (κ1) is 17.2. The van der Waals surface area contributed by atoms with Crippen LogP contribution in [0.4, 0.5) is 4.39 Å². The van der Waals surface area contributed by atoms with Crippen LogP contribution in [0, 0.1) is 11.7 Å². The van der Waals surface area contributed by atoms with Gasteiger partial charge in [0.25, 0.3) is 0 Å². The molecule has 1 aromatic carbocycles. The van der Waals surface area contributed by atoms with Crippen LogP contribution in [0.25, 0.3) is 0 Å². The second-order valence-corrected chi connectivity index (χ2v) is 4.61. The van der Waals surface area contributed by atoms with Gasteiger partial charge in [0.15, 0.2) is 0 Å². The Hall–Kier alpha value is -0.840. The van der Waals surface area contributed by atoms with Gasteiger partial charge in [-0.1, -0.05) is 19.9 Å². The predicted octanol–water partition coefficient (Wildman–Crippen LogP) is 2.66. The van der Waals surface area contributed by atoms with Crippen LogP contribution in [0.5, 0.6) is 5.75 Å². The number of halogens is 2. The molecule has 5 heteroatoms. The van der Waals surface area contributed by atoms with E-state index in [0.29, 0.717) is 23.7 Å². The molecule has 3 N–H and O–H groups in total. The highest BCUT2D eigenvalue weighted by atomic mass is 35.5. The third-order valence-electron chi connectivity index (χ3n) is 2.69. The highest BCUT2D eigenvalue weighted by Gasteiger charge is 2.21. The van der Waals surface area contributed by atoms with E-state index in [-0.39, 0.29) is 12.4 Å². The zero-order chi connectivity index (χ0) is 13.0. The molecule has 0 aliphatic heterocycles. The number of hydrogen-bond acceptors (Lipinski definition) is 3. The minimum absolute atomic E-state index is 0. The number of ether oxygens (including phenoxy) is 1. The quantitative estimate of drug-likeness (QED) is 0.870. The van der Waals surface area contributed by atoms with E-state index < -0.39 is 18.0 Å². The van der Waals surface area contributed by atoms with Crippen LogP contribution in [-0.2, 0) is 0 Å². The van der Waals surface area contributed by atoms with Crippen molar-refractivity contribution >= 4 is 12.4 Å². The molecular weight excluding hydrogens is 257 g/mol. The van der Waals surface area contributed by atoms with Gasteiger partial charge in [-0.25, -0.2) is 4.39 Å². The minimum atomic E-state index is -0.738. The van der Waals surface area contributed by atoms with E-state index in [9.17, 15) is 9.50 Å². The normalized spacial score (nSPS) is 13.9. The summed E-state index contributed by atoms with van der Waals surface area (Å²) in [5, 5.41) is 9.87. The lowest BCUT2D eigenvalue weighted by atomic mass is 9.95. The van der Waals surface area contributed by atoms with E-state index in [1.165, 1.54) is 13.2 Å². The van der Waals surface area contributed by atoms with E-state index in [1.807, 2.05) is 13.8 Å². The molecule has 0 heterocycles. The Balaban J connectivity index is 0.00000289. The summed E-state index contributed by atoms with van der Waals surface area (Å²) >= 11 is 0. The highest BCUT2D eigenvalue weighted by Crippen LogP contribution is 2.24. The monoisotopic (exact) mass is 277 g/mol.